The molecule has 0 fully saturated rings. The summed E-state index contributed by atoms with van der Waals surface area (Å²) in [5, 5.41) is 1.79. The fraction of sp³-hybridized carbons (Fsp3) is 0.211. The molecule has 1 aliphatic heterocycles. The number of nitrogens with zero attached hydrogens (tertiary/aromatic N) is 1. The van der Waals surface area contributed by atoms with Crippen molar-refractivity contribution >= 4 is 5.97 Å². The summed E-state index contributed by atoms with van der Waals surface area (Å²) in [6.07, 6.45) is 3.50. The molecular weight excluding hydrogens is 274 g/mol. The SMILES string of the molecule is C=CCC1c2ccccc2CCN1OC(=O)c1ccccc1. The minimum absolute atomic E-state index is 0.0371. The summed E-state index contributed by atoms with van der Waals surface area (Å²) < 4.78 is 0. The molecule has 3 nitrogen and oxygen atoms in total. The van der Waals surface area contributed by atoms with E-state index >= 15 is 0 Å². The van der Waals surface area contributed by atoms with Crippen LogP contribution < -0.4 is 0 Å². The van der Waals surface area contributed by atoms with Crippen molar-refractivity contribution in [2.75, 3.05) is 6.54 Å². The summed E-state index contributed by atoms with van der Waals surface area (Å²) in [6.45, 7) is 4.53. The fourth-order valence-electron chi connectivity index (χ4n) is 2.87. The lowest BCUT2D eigenvalue weighted by molar-refractivity contribution is -0.143. The molecule has 2 aromatic rings. The Morgan fingerprint density at radius 3 is 2.68 bits per heavy atom. The Labute approximate surface area is 130 Å². The molecule has 0 saturated heterocycles. The molecule has 3 heteroatoms. The summed E-state index contributed by atoms with van der Waals surface area (Å²) >= 11 is 0. The van der Waals surface area contributed by atoms with Gasteiger partial charge in [0.1, 0.15) is 0 Å². The Balaban J connectivity index is 1.81. The van der Waals surface area contributed by atoms with Gasteiger partial charge in [-0.3, -0.25) is 0 Å². The first-order chi connectivity index (χ1) is 10.8. The Kier molecular flexibility index (Phi) is 4.35. The minimum Gasteiger partial charge on any atom is -0.363 e. The third-order valence-corrected chi connectivity index (χ3v) is 3.96. The van der Waals surface area contributed by atoms with Gasteiger partial charge in [-0.15, -0.1) is 11.6 Å². The molecule has 0 saturated carbocycles. The van der Waals surface area contributed by atoms with Crippen LogP contribution in [0.25, 0.3) is 0 Å². The maximum atomic E-state index is 12.3. The number of carbonyl (C=O) groups excluding carboxylic acids is 1. The van der Waals surface area contributed by atoms with Gasteiger partial charge in [0.05, 0.1) is 11.6 Å². The summed E-state index contributed by atoms with van der Waals surface area (Å²) in [7, 11) is 0. The summed E-state index contributed by atoms with van der Waals surface area (Å²) in [4.78, 5) is 17.9. The van der Waals surface area contributed by atoms with Gasteiger partial charge in [0.15, 0.2) is 0 Å². The summed E-state index contributed by atoms with van der Waals surface area (Å²) in [5.74, 6) is -0.311. The van der Waals surface area contributed by atoms with Crippen molar-refractivity contribution in [3.8, 4) is 0 Å². The first-order valence-electron chi connectivity index (χ1n) is 7.52. The van der Waals surface area contributed by atoms with E-state index in [9.17, 15) is 4.79 Å². The molecule has 2 aromatic carbocycles. The molecule has 0 radical (unpaired) electrons. The monoisotopic (exact) mass is 293 g/mol. The number of benzene rings is 2. The van der Waals surface area contributed by atoms with E-state index in [0.717, 1.165) is 12.8 Å². The van der Waals surface area contributed by atoms with E-state index in [-0.39, 0.29) is 12.0 Å². The van der Waals surface area contributed by atoms with Gasteiger partial charge in [-0.25, -0.2) is 4.79 Å². The average Bonchev–Trinajstić information content (AvgIpc) is 2.58. The molecule has 0 spiro atoms. The molecule has 0 bridgehead atoms. The zero-order valence-corrected chi connectivity index (χ0v) is 12.4. The van der Waals surface area contributed by atoms with Gasteiger partial charge >= 0.3 is 5.97 Å². The number of hydroxylamine groups is 2. The second-order valence-electron chi connectivity index (χ2n) is 5.37. The van der Waals surface area contributed by atoms with E-state index < -0.39 is 0 Å². The van der Waals surface area contributed by atoms with Crippen molar-refractivity contribution in [3.63, 3.8) is 0 Å². The van der Waals surface area contributed by atoms with Crippen molar-refractivity contribution in [2.45, 2.75) is 18.9 Å². The largest absolute Gasteiger partial charge is 0.363 e. The van der Waals surface area contributed by atoms with Gasteiger partial charge in [0, 0.05) is 6.54 Å². The van der Waals surface area contributed by atoms with Crippen LogP contribution in [0.2, 0.25) is 0 Å². The Bertz CT molecular complexity index is 666. The van der Waals surface area contributed by atoms with E-state index in [0.29, 0.717) is 12.1 Å². The zero-order valence-electron chi connectivity index (χ0n) is 12.4. The number of hydrogen-bond acceptors (Lipinski definition) is 3. The molecule has 1 aliphatic rings. The van der Waals surface area contributed by atoms with Crippen molar-refractivity contribution in [1.29, 1.82) is 0 Å². The lowest BCUT2D eigenvalue weighted by atomic mass is 9.92. The van der Waals surface area contributed by atoms with E-state index in [4.69, 9.17) is 4.84 Å². The number of carbonyl (C=O) groups is 1. The van der Waals surface area contributed by atoms with Crippen LogP contribution in [-0.4, -0.2) is 17.6 Å². The van der Waals surface area contributed by atoms with Crippen LogP contribution >= 0.6 is 0 Å². The third-order valence-electron chi connectivity index (χ3n) is 3.96. The highest BCUT2D eigenvalue weighted by Gasteiger charge is 2.29. The topological polar surface area (TPSA) is 29.5 Å². The molecule has 0 aromatic heterocycles. The standard InChI is InChI=1S/C19H19NO2/c1-2-8-18-17-12-7-6-9-15(17)13-14-20(18)22-19(21)16-10-4-3-5-11-16/h2-7,9-12,18H,1,8,13-14H2. The van der Waals surface area contributed by atoms with E-state index in [1.165, 1.54) is 11.1 Å². The highest BCUT2D eigenvalue weighted by Crippen LogP contribution is 2.32. The molecule has 0 N–H and O–H groups in total. The predicted molar refractivity (Wildman–Crippen MR) is 86.3 cm³/mol. The van der Waals surface area contributed by atoms with Gasteiger partial charge in [-0.1, -0.05) is 48.5 Å². The second kappa shape index (κ2) is 6.58. The molecule has 0 aliphatic carbocycles. The Hall–Kier alpha value is -2.39. The average molecular weight is 293 g/mol. The third kappa shape index (κ3) is 2.95. The van der Waals surface area contributed by atoms with E-state index in [2.05, 4.69) is 24.8 Å². The lowest BCUT2D eigenvalue weighted by Crippen LogP contribution is -2.37. The Morgan fingerprint density at radius 2 is 1.91 bits per heavy atom. The van der Waals surface area contributed by atoms with Gasteiger partial charge < -0.3 is 4.84 Å². The minimum atomic E-state index is -0.311. The van der Waals surface area contributed by atoms with Crippen LogP contribution in [0.1, 0.15) is 33.9 Å². The van der Waals surface area contributed by atoms with E-state index in [1.54, 1.807) is 17.2 Å². The molecule has 1 unspecified atom stereocenters. The highest BCUT2D eigenvalue weighted by atomic mass is 16.7. The molecule has 0 amide bonds. The second-order valence-corrected chi connectivity index (χ2v) is 5.37. The lowest BCUT2D eigenvalue weighted by Gasteiger charge is -2.35. The van der Waals surface area contributed by atoms with Crippen LogP contribution in [-0.2, 0) is 11.3 Å². The summed E-state index contributed by atoms with van der Waals surface area (Å²) in [6, 6.07) is 17.4. The molecule has 1 atom stereocenters. The van der Waals surface area contributed by atoms with Crippen molar-refractivity contribution < 1.29 is 9.63 Å². The van der Waals surface area contributed by atoms with Crippen LogP contribution in [0.15, 0.2) is 67.3 Å². The first kappa shape index (κ1) is 14.5. The normalized spacial score (nSPS) is 17.5. The van der Waals surface area contributed by atoms with Gasteiger partial charge in [-0.05, 0) is 36.1 Å². The molecule has 1 heterocycles. The van der Waals surface area contributed by atoms with Crippen molar-refractivity contribution in [1.82, 2.24) is 5.06 Å². The fourth-order valence-corrected chi connectivity index (χ4v) is 2.87. The Morgan fingerprint density at radius 1 is 1.18 bits per heavy atom. The maximum absolute atomic E-state index is 12.3. The van der Waals surface area contributed by atoms with Gasteiger partial charge in [-0.2, -0.15) is 0 Å². The van der Waals surface area contributed by atoms with Crippen molar-refractivity contribution in [2.24, 2.45) is 0 Å². The molecule has 112 valence electrons. The molecule has 22 heavy (non-hydrogen) atoms. The molecule has 3 rings (SSSR count). The quantitative estimate of drug-likeness (QED) is 0.800. The van der Waals surface area contributed by atoms with Gasteiger partial charge in [0.2, 0.25) is 0 Å². The number of rotatable bonds is 4. The number of fused-ring (bicyclic) bond motifs is 1. The van der Waals surface area contributed by atoms with Gasteiger partial charge in [0.25, 0.3) is 0 Å². The van der Waals surface area contributed by atoms with Crippen molar-refractivity contribution in [3.05, 3.63) is 83.9 Å². The van der Waals surface area contributed by atoms with Crippen LogP contribution in [0, 0.1) is 0 Å². The maximum Gasteiger partial charge on any atom is 0.357 e. The van der Waals surface area contributed by atoms with E-state index in [1.807, 2.05) is 30.3 Å². The zero-order chi connectivity index (χ0) is 15.4. The predicted octanol–water partition coefficient (Wildman–Crippen LogP) is 3.93. The highest BCUT2D eigenvalue weighted by molar-refractivity contribution is 5.89. The summed E-state index contributed by atoms with van der Waals surface area (Å²) in [5.41, 5.74) is 3.11. The van der Waals surface area contributed by atoms with Crippen LogP contribution in [0.3, 0.4) is 0 Å². The molecular formula is C19H19NO2. The van der Waals surface area contributed by atoms with Crippen LogP contribution in [0.4, 0.5) is 0 Å². The number of hydrogen-bond donors (Lipinski definition) is 0. The van der Waals surface area contributed by atoms with Crippen LogP contribution in [0.5, 0.6) is 0 Å². The first-order valence-corrected chi connectivity index (χ1v) is 7.52. The smallest absolute Gasteiger partial charge is 0.357 e.